The number of hydrogen-bond donors (Lipinski definition) is 3. The molecule has 0 spiro atoms. The predicted octanol–water partition coefficient (Wildman–Crippen LogP) is 2.57. The Labute approximate surface area is 162 Å². The largest absolute Gasteiger partial charge is 0.480 e. The minimum atomic E-state index is -1.68. The number of carboxylic acid groups (broad SMARTS) is 2. The standard InChI is InChI=1S/C19H27F2N3O4/c1-11(2)6-15(18(25)26)23-16(19(27)28)7-13-8-22-10-24(13)9-12-4-3-5-14(20)17(12)21/h5,8,10-12,15-17,23H,3-4,6-7,9H2,1-2H3,(H,25,26)(H,27,28)/t12?,15?,16-,17?/m0/s1. The Morgan fingerprint density at radius 3 is 2.61 bits per heavy atom. The number of halogens is 2. The maximum Gasteiger partial charge on any atom is 0.321 e. The molecule has 0 radical (unpaired) electrons. The average Bonchev–Trinajstić information content (AvgIpc) is 3.03. The molecule has 0 aliphatic heterocycles. The molecule has 0 fully saturated rings. The fourth-order valence-electron chi connectivity index (χ4n) is 3.42. The number of imidazole rings is 1. The highest BCUT2D eigenvalue weighted by molar-refractivity contribution is 5.77. The van der Waals surface area contributed by atoms with Gasteiger partial charge in [0.05, 0.1) is 6.33 Å². The third-order valence-electron chi connectivity index (χ3n) is 4.90. The Balaban J connectivity index is 2.10. The predicted molar refractivity (Wildman–Crippen MR) is 98.2 cm³/mol. The number of hydrogen-bond acceptors (Lipinski definition) is 4. The van der Waals surface area contributed by atoms with Crippen LogP contribution in [0.5, 0.6) is 0 Å². The van der Waals surface area contributed by atoms with E-state index in [9.17, 15) is 28.6 Å². The van der Waals surface area contributed by atoms with E-state index in [4.69, 9.17) is 0 Å². The van der Waals surface area contributed by atoms with Crippen molar-refractivity contribution in [3.8, 4) is 0 Å². The van der Waals surface area contributed by atoms with Gasteiger partial charge in [-0.05, 0) is 31.3 Å². The highest BCUT2D eigenvalue weighted by atomic mass is 19.2. The molecule has 3 N–H and O–H groups in total. The molecule has 0 saturated carbocycles. The van der Waals surface area contributed by atoms with Gasteiger partial charge >= 0.3 is 11.9 Å². The molecule has 3 unspecified atom stereocenters. The SMILES string of the molecule is CC(C)CC(N[C@@H](Cc1cncn1CC1CCC=C(F)C1F)C(=O)O)C(=O)O. The van der Waals surface area contributed by atoms with E-state index in [0.717, 1.165) is 0 Å². The van der Waals surface area contributed by atoms with Crippen LogP contribution in [0.15, 0.2) is 24.4 Å². The Morgan fingerprint density at radius 1 is 1.32 bits per heavy atom. The van der Waals surface area contributed by atoms with Crippen molar-refractivity contribution in [2.45, 2.75) is 64.3 Å². The maximum atomic E-state index is 14.1. The number of alkyl halides is 1. The van der Waals surface area contributed by atoms with Crippen LogP contribution in [0.1, 0.15) is 38.8 Å². The second-order valence-corrected chi connectivity index (χ2v) is 7.65. The van der Waals surface area contributed by atoms with Gasteiger partial charge < -0.3 is 14.8 Å². The lowest BCUT2D eigenvalue weighted by Gasteiger charge is -2.25. The maximum absolute atomic E-state index is 14.1. The van der Waals surface area contributed by atoms with Crippen molar-refractivity contribution in [2.24, 2.45) is 11.8 Å². The number of carbonyl (C=O) groups is 2. The second-order valence-electron chi connectivity index (χ2n) is 7.65. The van der Waals surface area contributed by atoms with Crippen molar-refractivity contribution >= 4 is 11.9 Å². The van der Waals surface area contributed by atoms with Crippen molar-refractivity contribution in [2.75, 3.05) is 0 Å². The van der Waals surface area contributed by atoms with Crippen LogP contribution in [0.25, 0.3) is 0 Å². The highest BCUT2D eigenvalue weighted by Gasteiger charge is 2.30. The zero-order valence-electron chi connectivity index (χ0n) is 16.0. The average molecular weight is 399 g/mol. The van der Waals surface area contributed by atoms with Crippen LogP contribution < -0.4 is 5.32 Å². The Morgan fingerprint density at radius 2 is 2.00 bits per heavy atom. The number of carboxylic acids is 2. The van der Waals surface area contributed by atoms with Gasteiger partial charge in [-0.3, -0.25) is 14.9 Å². The lowest BCUT2D eigenvalue weighted by Crippen LogP contribution is -2.49. The molecule has 9 heteroatoms. The molecule has 7 nitrogen and oxygen atoms in total. The van der Waals surface area contributed by atoms with Gasteiger partial charge in [-0.25, -0.2) is 13.8 Å². The minimum Gasteiger partial charge on any atom is -0.480 e. The van der Waals surface area contributed by atoms with Crippen LogP contribution in [-0.2, 0) is 22.6 Å². The molecule has 1 aromatic rings. The fourth-order valence-corrected chi connectivity index (χ4v) is 3.42. The second kappa shape index (κ2) is 9.77. The Bertz CT molecular complexity index is 720. The van der Waals surface area contributed by atoms with Gasteiger partial charge in [0.1, 0.15) is 17.9 Å². The summed E-state index contributed by atoms with van der Waals surface area (Å²) >= 11 is 0. The van der Waals surface area contributed by atoms with E-state index >= 15 is 0 Å². The zero-order chi connectivity index (χ0) is 20.8. The number of nitrogens with one attached hydrogen (secondary N) is 1. The summed E-state index contributed by atoms with van der Waals surface area (Å²) in [6, 6.07) is -2.13. The summed E-state index contributed by atoms with van der Waals surface area (Å²) in [5.41, 5.74) is 0.524. The van der Waals surface area contributed by atoms with Crippen LogP contribution in [-0.4, -0.2) is 50.0 Å². The van der Waals surface area contributed by atoms with E-state index in [-0.39, 0.29) is 25.3 Å². The summed E-state index contributed by atoms with van der Waals surface area (Å²) in [6.45, 7) is 3.89. The molecule has 156 valence electrons. The topological polar surface area (TPSA) is 104 Å². The van der Waals surface area contributed by atoms with Gasteiger partial charge in [0.2, 0.25) is 0 Å². The quantitative estimate of drug-likeness (QED) is 0.559. The molecule has 1 aliphatic carbocycles. The van der Waals surface area contributed by atoms with E-state index < -0.39 is 41.9 Å². The van der Waals surface area contributed by atoms with Gasteiger partial charge in [-0.15, -0.1) is 0 Å². The van der Waals surface area contributed by atoms with Crippen LogP contribution in [0.2, 0.25) is 0 Å². The number of nitrogens with zero attached hydrogens (tertiary/aromatic N) is 2. The summed E-state index contributed by atoms with van der Waals surface area (Å²) in [5.74, 6) is -3.54. The molecule has 28 heavy (non-hydrogen) atoms. The lowest BCUT2D eigenvalue weighted by atomic mass is 9.91. The monoisotopic (exact) mass is 399 g/mol. The van der Waals surface area contributed by atoms with Gasteiger partial charge in [-0.1, -0.05) is 13.8 Å². The number of allylic oxidation sites excluding steroid dienone is 2. The van der Waals surface area contributed by atoms with Crippen molar-refractivity contribution < 1.29 is 28.6 Å². The third kappa shape index (κ3) is 5.85. The molecule has 1 aromatic heterocycles. The Hall–Kier alpha value is -2.29. The first-order valence-corrected chi connectivity index (χ1v) is 9.39. The third-order valence-corrected chi connectivity index (χ3v) is 4.90. The number of aromatic nitrogens is 2. The van der Waals surface area contributed by atoms with E-state index in [1.165, 1.54) is 18.6 Å². The molecular formula is C19H27F2N3O4. The smallest absolute Gasteiger partial charge is 0.321 e. The van der Waals surface area contributed by atoms with E-state index in [2.05, 4.69) is 10.3 Å². The summed E-state index contributed by atoms with van der Waals surface area (Å²) < 4.78 is 29.2. The van der Waals surface area contributed by atoms with Gasteiger partial charge in [-0.2, -0.15) is 0 Å². The van der Waals surface area contributed by atoms with E-state index in [0.29, 0.717) is 18.5 Å². The van der Waals surface area contributed by atoms with E-state index in [1.54, 1.807) is 4.57 Å². The Kier molecular flexibility index (Phi) is 7.68. The van der Waals surface area contributed by atoms with Crippen molar-refractivity contribution in [1.29, 1.82) is 0 Å². The van der Waals surface area contributed by atoms with Gasteiger partial charge in [0, 0.05) is 30.8 Å². The summed E-state index contributed by atoms with van der Waals surface area (Å²) in [6.07, 6.45) is 3.71. The molecule has 2 rings (SSSR count). The van der Waals surface area contributed by atoms with Gasteiger partial charge in [0.15, 0.2) is 6.17 Å². The first kappa shape index (κ1) is 22.0. The molecule has 0 aromatic carbocycles. The molecule has 0 bridgehead atoms. The van der Waals surface area contributed by atoms with Crippen LogP contribution in [0.3, 0.4) is 0 Å². The lowest BCUT2D eigenvalue weighted by molar-refractivity contribution is -0.142. The summed E-state index contributed by atoms with van der Waals surface area (Å²) in [7, 11) is 0. The normalized spacial score (nSPS) is 22.0. The first-order chi connectivity index (χ1) is 13.2. The molecule has 1 heterocycles. The zero-order valence-corrected chi connectivity index (χ0v) is 16.0. The first-order valence-electron chi connectivity index (χ1n) is 9.39. The van der Waals surface area contributed by atoms with Gasteiger partial charge in [0.25, 0.3) is 0 Å². The highest BCUT2D eigenvalue weighted by Crippen LogP contribution is 2.29. The van der Waals surface area contributed by atoms with Crippen LogP contribution in [0, 0.1) is 11.8 Å². The number of rotatable bonds is 10. The molecular weight excluding hydrogens is 372 g/mol. The number of aliphatic carboxylic acids is 2. The van der Waals surface area contributed by atoms with Crippen LogP contribution in [0.4, 0.5) is 8.78 Å². The molecule has 1 aliphatic rings. The fraction of sp³-hybridized carbons (Fsp3) is 0.632. The van der Waals surface area contributed by atoms with Crippen molar-refractivity contribution in [1.82, 2.24) is 14.9 Å². The molecule has 0 saturated heterocycles. The summed E-state index contributed by atoms with van der Waals surface area (Å²) in [4.78, 5) is 27.1. The van der Waals surface area contributed by atoms with Crippen molar-refractivity contribution in [3.05, 3.63) is 30.1 Å². The van der Waals surface area contributed by atoms with E-state index in [1.807, 2.05) is 13.8 Å². The molecule has 4 atom stereocenters. The summed E-state index contributed by atoms with van der Waals surface area (Å²) in [5, 5.41) is 21.6. The molecule has 0 amide bonds. The van der Waals surface area contributed by atoms with Crippen molar-refractivity contribution in [3.63, 3.8) is 0 Å². The minimum absolute atomic E-state index is 0.0147. The van der Waals surface area contributed by atoms with Crippen LogP contribution >= 0.6 is 0 Å².